The predicted molar refractivity (Wildman–Crippen MR) is 250 cm³/mol. The van der Waals surface area contributed by atoms with Crippen molar-refractivity contribution in [3.63, 3.8) is 0 Å². The molecule has 0 fully saturated rings. The largest absolute Gasteiger partial charge is 0.456 e. The van der Waals surface area contributed by atoms with Crippen LogP contribution in [0, 0.1) is 0 Å². The summed E-state index contributed by atoms with van der Waals surface area (Å²) in [5, 5.41) is 0. The van der Waals surface area contributed by atoms with Crippen LogP contribution in [-0.2, 0) is 0 Å². The number of rotatable bonds is 10. The molecule has 7 aromatic carbocycles. The van der Waals surface area contributed by atoms with Crippen LogP contribution in [0.3, 0.4) is 0 Å². The number of ether oxygens (including phenoxy) is 2. The zero-order valence-corrected chi connectivity index (χ0v) is 35.5. The van der Waals surface area contributed by atoms with E-state index in [0.717, 1.165) is 73.5 Å². The number of hydrogen-bond acceptors (Lipinski definition) is 4. The van der Waals surface area contributed by atoms with Crippen LogP contribution in [-0.4, -0.2) is 6.71 Å². The van der Waals surface area contributed by atoms with Gasteiger partial charge in [-0.3, -0.25) is 0 Å². The third-order valence-electron chi connectivity index (χ3n) is 12.2. The number of anilines is 6. The van der Waals surface area contributed by atoms with Crippen LogP contribution in [0.1, 0.15) is 101 Å². The molecular formula is C54H53BN2O2. The first-order chi connectivity index (χ1) is 28.6. The third-order valence-corrected chi connectivity index (χ3v) is 12.2. The Kier molecular flexibility index (Phi) is 10.1. The minimum Gasteiger partial charge on any atom is -0.456 e. The molecule has 4 nitrogen and oxygen atoms in total. The summed E-state index contributed by atoms with van der Waals surface area (Å²) in [6, 6.07) is 55.4. The quantitative estimate of drug-likeness (QED) is 0.129. The Morgan fingerprint density at radius 1 is 0.373 bits per heavy atom. The highest BCUT2D eigenvalue weighted by Gasteiger charge is 2.44. The first kappa shape index (κ1) is 38.3. The van der Waals surface area contributed by atoms with Crippen LogP contribution < -0.4 is 35.7 Å². The molecule has 59 heavy (non-hydrogen) atoms. The number of fused-ring (bicyclic) bond motifs is 4. The van der Waals surface area contributed by atoms with E-state index in [2.05, 4.69) is 217 Å². The Labute approximate surface area is 351 Å². The SMILES string of the molecule is CC(C)c1ccc(N(c2ccc(C(C)C)cc2)c2cc(N(c3ccc(C(C)C)cc3)c3ccc(C(C)C)cc3)c3c4c2Oc2ccccc2B4c2ccccc2O3)cc1. The predicted octanol–water partition coefficient (Wildman–Crippen LogP) is 13.8. The fraction of sp³-hybridized carbons (Fsp3) is 0.222. The number of hydrogen-bond donors (Lipinski definition) is 0. The van der Waals surface area contributed by atoms with E-state index in [1.165, 1.54) is 22.3 Å². The number of nitrogens with zero attached hydrogens (tertiary/aromatic N) is 2. The molecule has 0 atom stereocenters. The molecular weight excluding hydrogens is 719 g/mol. The Bertz CT molecular complexity index is 2330. The van der Waals surface area contributed by atoms with Gasteiger partial charge in [-0.2, -0.15) is 0 Å². The van der Waals surface area contributed by atoms with E-state index >= 15 is 0 Å². The van der Waals surface area contributed by atoms with Crippen molar-refractivity contribution >= 4 is 57.2 Å². The zero-order chi connectivity index (χ0) is 40.9. The van der Waals surface area contributed by atoms with E-state index in [4.69, 9.17) is 9.47 Å². The van der Waals surface area contributed by atoms with Crippen molar-refractivity contribution in [3.05, 3.63) is 174 Å². The molecule has 0 saturated carbocycles. The van der Waals surface area contributed by atoms with Crippen LogP contribution in [0.15, 0.2) is 152 Å². The van der Waals surface area contributed by atoms with Crippen LogP contribution in [0.2, 0.25) is 0 Å². The van der Waals surface area contributed by atoms with Gasteiger partial charge in [0.1, 0.15) is 11.5 Å². The van der Waals surface area contributed by atoms with Crippen molar-refractivity contribution in [1.29, 1.82) is 0 Å². The first-order valence-electron chi connectivity index (χ1n) is 21.3. The summed E-state index contributed by atoms with van der Waals surface area (Å²) in [6.07, 6.45) is 0. The number of para-hydroxylation sites is 2. The Morgan fingerprint density at radius 3 is 0.949 bits per heavy atom. The lowest BCUT2D eigenvalue weighted by Crippen LogP contribution is -2.57. The van der Waals surface area contributed by atoms with Gasteiger partial charge < -0.3 is 19.3 Å². The molecule has 0 saturated heterocycles. The molecule has 294 valence electrons. The summed E-state index contributed by atoms with van der Waals surface area (Å²) >= 11 is 0. The highest BCUT2D eigenvalue weighted by Crippen LogP contribution is 2.52. The Morgan fingerprint density at radius 2 is 0.661 bits per heavy atom. The molecule has 2 aliphatic heterocycles. The normalized spacial score (nSPS) is 12.6. The van der Waals surface area contributed by atoms with Crippen LogP contribution in [0.5, 0.6) is 23.0 Å². The molecule has 2 heterocycles. The van der Waals surface area contributed by atoms with Crippen molar-refractivity contribution in [2.45, 2.75) is 79.1 Å². The lowest BCUT2D eigenvalue weighted by Gasteiger charge is -2.39. The average Bonchev–Trinajstić information content (AvgIpc) is 3.25. The van der Waals surface area contributed by atoms with Crippen LogP contribution in [0.25, 0.3) is 0 Å². The van der Waals surface area contributed by atoms with Crippen molar-refractivity contribution in [2.24, 2.45) is 0 Å². The summed E-state index contributed by atoms with van der Waals surface area (Å²) in [6.45, 7) is 17.9. The van der Waals surface area contributed by atoms with E-state index in [1.54, 1.807) is 0 Å². The molecule has 0 N–H and O–H groups in total. The van der Waals surface area contributed by atoms with E-state index < -0.39 is 0 Å². The van der Waals surface area contributed by atoms with Crippen LogP contribution in [0.4, 0.5) is 34.1 Å². The van der Waals surface area contributed by atoms with E-state index in [9.17, 15) is 0 Å². The van der Waals surface area contributed by atoms with Gasteiger partial charge in [-0.15, -0.1) is 0 Å². The van der Waals surface area contributed by atoms with Crippen LogP contribution >= 0.6 is 0 Å². The minimum atomic E-state index is -0.115. The summed E-state index contributed by atoms with van der Waals surface area (Å²) in [4.78, 5) is 4.75. The summed E-state index contributed by atoms with van der Waals surface area (Å²) in [7, 11) is 0. The second kappa shape index (κ2) is 15.5. The molecule has 7 aromatic rings. The van der Waals surface area contributed by atoms with Crippen molar-refractivity contribution in [3.8, 4) is 23.0 Å². The lowest BCUT2D eigenvalue weighted by atomic mass is 9.34. The second-order valence-corrected chi connectivity index (χ2v) is 17.4. The maximum absolute atomic E-state index is 7.21. The molecule has 9 rings (SSSR count). The fourth-order valence-corrected chi connectivity index (χ4v) is 8.66. The maximum Gasteiger partial charge on any atom is 0.260 e. The Hall–Kier alpha value is -6.20. The summed E-state index contributed by atoms with van der Waals surface area (Å²) in [5.41, 5.74) is 14.6. The second-order valence-electron chi connectivity index (χ2n) is 17.4. The topological polar surface area (TPSA) is 24.9 Å². The molecule has 0 unspecified atom stereocenters. The van der Waals surface area contributed by atoms with Crippen molar-refractivity contribution in [1.82, 2.24) is 0 Å². The maximum atomic E-state index is 7.21. The minimum absolute atomic E-state index is 0.115. The van der Waals surface area contributed by atoms with Gasteiger partial charge in [0.25, 0.3) is 6.71 Å². The van der Waals surface area contributed by atoms with Gasteiger partial charge in [0.15, 0.2) is 11.5 Å². The molecule has 0 aliphatic carbocycles. The van der Waals surface area contributed by atoms with Gasteiger partial charge in [0.05, 0.1) is 11.4 Å². The van der Waals surface area contributed by atoms with Crippen molar-refractivity contribution in [2.75, 3.05) is 9.80 Å². The zero-order valence-electron chi connectivity index (χ0n) is 35.5. The Balaban J connectivity index is 1.38. The molecule has 5 heteroatoms. The highest BCUT2D eigenvalue weighted by molar-refractivity contribution is 6.98. The monoisotopic (exact) mass is 772 g/mol. The highest BCUT2D eigenvalue weighted by atomic mass is 16.5. The van der Waals surface area contributed by atoms with Gasteiger partial charge in [-0.25, -0.2) is 0 Å². The lowest BCUT2D eigenvalue weighted by molar-refractivity contribution is 0.466. The van der Waals surface area contributed by atoms with Gasteiger partial charge in [0, 0.05) is 28.2 Å². The molecule has 0 bridgehead atoms. The van der Waals surface area contributed by atoms with Gasteiger partial charge in [0.2, 0.25) is 0 Å². The average molecular weight is 773 g/mol. The molecule has 2 aliphatic rings. The fourth-order valence-electron chi connectivity index (χ4n) is 8.66. The molecule has 0 aromatic heterocycles. The number of benzene rings is 7. The summed E-state index contributed by atoms with van der Waals surface area (Å²) in [5.74, 6) is 4.96. The first-order valence-corrected chi connectivity index (χ1v) is 21.3. The van der Waals surface area contributed by atoms with E-state index in [0.29, 0.717) is 23.7 Å². The van der Waals surface area contributed by atoms with Gasteiger partial charge in [-0.05, 0) is 124 Å². The standard InChI is InChI=1S/C54H53BN2O2/c1-34(2)38-17-25-42(26-18-38)56(43-27-19-39(20-28-43)35(3)4)48-33-49(57(44-29-21-40(22-30-44)36(5)6)45-31-23-41(24-32-45)37(7)8)54-52-53(48)58-50-15-11-9-13-46(50)55(52)47-14-10-12-16-51(47)59-54/h9-37H,1-8H3. The molecule has 0 spiro atoms. The smallest absolute Gasteiger partial charge is 0.260 e. The van der Waals surface area contributed by atoms with Gasteiger partial charge in [-0.1, -0.05) is 140 Å². The molecule has 0 amide bonds. The van der Waals surface area contributed by atoms with Crippen molar-refractivity contribution < 1.29 is 9.47 Å². The third kappa shape index (κ3) is 6.97. The van der Waals surface area contributed by atoms with E-state index in [-0.39, 0.29) is 6.71 Å². The van der Waals surface area contributed by atoms with Gasteiger partial charge >= 0.3 is 0 Å². The van der Waals surface area contributed by atoms with E-state index in [1.807, 2.05) is 0 Å². The summed E-state index contributed by atoms with van der Waals surface area (Å²) < 4.78 is 14.4. The molecule has 0 radical (unpaired) electrons.